The minimum Gasteiger partial charge on any atom is -0.372 e. The first kappa shape index (κ1) is 7.32. The van der Waals surface area contributed by atoms with Crippen LogP contribution in [-0.2, 0) is 4.84 Å². The molecule has 0 fully saturated rings. The average Bonchev–Trinajstić information content (AvgIpc) is 2.29. The molecule has 1 aromatic heterocycles. The molecular formula is C10H7N3O. The van der Waals surface area contributed by atoms with E-state index in [2.05, 4.69) is 15.7 Å². The van der Waals surface area contributed by atoms with Crippen LogP contribution in [0.5, 0.6) is 0 Å². The van der Waals surface area contributed by atoms with E-state index in [4.69, 9.17) is 4.84 Å². The Morgan fingerprint density at radius 3 is 3.21 bits per heavy atom. The van der Waals surface area contributed by atoms with E-state index in [0.29, 0.717) is 0 Å². The number of fused-ring (bicyclic) bond motifs is 3. The number of hydrogen-bond acceptors (Lipinski definition) is 4. The van der Waals surface area contributed by atoms with Gasteiger partial charge in [0.25, 0.3) is 0 Å². The molecule has 0 radical (unpaired) electrons. The summed E-state index contributed by atoms with van der Waals surface area (Å²) in [5.74, 6) is 0. The number of hydrogen-bond donors (Lipinski definition) is 1. The first-order valence-electron chi connectivity index (χ1n) is 4.27. The summed E-state index contributed by atoms with van der Waals surface area (Å²) in [6.45, 7) is 0. The summed E-state index contributed by atoms with van der Waals surface area (Å²) in [7, 11) is 0. The second-order valence-corrected chi connectivity index (χ2v) is 3.01. The third-order valence-corrected chi connectivity index (χ3v) is 2.18. The molecule has 2 heterocycles. The van der Waals surface area contributed by atoms with Crippen LogP contribution in [0.25, 0.3) is 17.2 Å². The summed E-state index contributed by atoms with van der Waals surface area (Å²) in [5.41, 5.74) is 3.41. The lowest BCUT2D eigenvalue weighted by molar-refractivity contribution is 0.166. The molecule has 3 rings (SSSR count). The normalized spacial score (nSPS) is 13.1. The standard InChI is InChI=1S/C10H7N3O/c1-2-8-9(11-5-1)4-3-7-6-14-13-12-10(7)8/h1-6,13H. The SMILES string of the molecule is C1=c2ccc3ncccc3c2=NNO1. The summed E-state index contributed by atoms with van der Waals surface area (Å²) >= 11 is 0. The van der Waals surface area contributed by atoms with E-state index in [0.717, 1.165) is 21.5 Å². The molecule has 0 bridgehead atoms. The Bertz CT molecular complexity index is 606. The van der Waals surface area contributed by atoms with Gasteiger partial charge in [0.1, 0.15) is 11.6 Å². The molecule has 1 aromatic carbocycles. The first-order valence-corrected chi connectivity index (χ1v) is 4.27. The van der Waals surface area contributed by atoms with Gasteiger partial charge in [-0.15, -0.1) is 10.7 Å². The Morgan fingerprint density at radius 1 is 1.21 bits per heavy atom. The first-order chi connectivity index (χ1) is 6.95. The maximum absolute atomic E-state index is 4.88. The monoisotopic (exact) mass is 185 g/mol. The molecule has 0 spiro atoms. The molecule has 14 heavy (non-hydrogen) atoms. The van der Waals surface area contributed by atoms with Crippen molar-refractivity contribution in [2.24, 2.45) is 5.10 Å². The van der Waals surface area contributed by atoms with Crippen LogP contribution in [0, 0.1) is 0 Å². The van der Waals surface area contributed by atoms with Crippen LogP contribution in [0.3, 0.4) is 0 Å². The molecular weight excluding hydrogens is 178 g/mol. The molecule has 4 heteroatoms. The van der Waals surface area contributed by atoms with Gasteiger partial charge in [0.05, 0.1) is 5.52 Å². The number of nitrogens with zero attached hydrogens (tertiary/aromatic N) is 2. The average molecular weight is 185 g/mol. The number of pyridine rings is 1. The fraction of sp³-hybridized carbons (Fsp3) is 0. The molecule has 0 unspecified atom stereocenters. The highest BCUT2D eigenvalue weighted by atomic mass is 16.7. The predicted molar refractivity (Wildman–Crippen MR) is 51.2 cm³/mol. The minimum atomic E-state index is 0.877. The van der Waals surface area contributed by atoms with Gasteiger partial charge in [-0.25, -0.2) is 0 Å². The van der Waals surface area contributed by atoms with Crippen LogP contribution < -0.4 is 16.2 Å². The zero-order valence-electron chi connectivity index (χ0n) is 7.27. The van der Waals surface area contributed by atoms with E-state index in [9.17, 15) is 0 Å². The molecule has 2 aromatic rings. The van der Waals surface area contributed by atoms with Crippen LogP contribution in [0.1, 0.15) is 0 Å². The number of nitrogens with one attached hydrogen (secondary N) is 1. The lowest BCUT2D eigenvalue weighted by Gasteiger charge is -2.04. The van der Waals surface area contributed by atoms with Gasteiger partial charge in [-0.1, -0.05) is 0 Å². The predicted octanol–water partition coefficient (Wildman–Crippen LogP) is 0.0422. The van der Waals surface area contributed by atoms with Crippen molar-refractivity contribution in [2.75, 3.05) is 0 Å². The van der Waals surface area contributed by atoms with E-state index in [-0.39, 0.29) is 0 Å². The summed E-state index contributed by atoms with van der Waals surface area (Å²) in [6.07, 6.45) is 3.40. The Balaban J connectivity index is 2.60. The Labute approximate surface area is 79.5 Å². The van der Waals surface area contributed by atoms with Crippen LogP contribution in [0.15, 0.2) is 35.6 Å². The number of aromatic nitrogens is 1. The largest absolute Gasteiger partial charge is 0.372 e. The zero-order chi connectivity index (χ0) is 9.38. The molecule has 0 amide bonds. The van der Waals surface area contributed by atoms with Gasteiger partial charge in [-0.05, 0) is 24.3 Å². The van der Waals surface area contributed by atoms with Crippen molar-refractivity contribution in [1.29, 1.82) is 0 Å². The lowest BCUT2D eigenvalue weighted by atomic mass is 10.2. The lowest BCUT2D eigenvalue weighted by Crippen LogP contribution is -2.33. The van der Waals surface area contributed by atoms with Crippen molar-refractivity contribution in [3.05, 3.63) is 41.0 Å². The van der Waals surface area contributed by atoms with E-state index in [1.165, 1.54) is 0 Å². The quantitative estimate of drug-likeness (QED) is 0.630. The summed E-state index contributed by atoms with van der Waals surface area (Å²) in [4.78, 5) is 9.13. The van der Waals surface area contributed by atoms with Gasteiger partial charge in [0.2, 0.25) is 0 Å². The molecule has 68 valence electrons. The van der Waals surface area contributed by atoms with Crippen molar-refractivity contribution in [2.45, 2.75) is 0 Å². The molecule has 0 aliphatic carbocycles. The molecule has 4 nitrogen and oxygen atoms in total. The van der Waals surface area contributed by atoms with Crippen molar-refractivity contribution in [3.63, 3.8) is 0 Å². The van der Waals surface area contributed by atoms with Crippen LogP contribution in [0.4, 0.5) is 0 Å². The van der Waals surface area contributed by atoms with Crippen molar-refractivity contribution < 1.29 is 4.84 Å². The maximum atomic E-state index is 4.88. The Morgan fingerprint density at radius 2 is 2.21 bits per heavy atom. The second kappa shape index (κ2) is 2.70. The van der Waals surface area contributed by atoms with E-state index >= 15 is 0 Å². The number of rotatable bonds is 0. The maximum Gasteiger partial charge on any atom is 0.130 e. The highest BCUT2D eigenvalue weighted by Gasteiger charge is 2.00. The number of benzene rings is 1. The Hall–Kier alpha value is -2.10. The van der Waals surface area contributed by atoms with Gasteiger partial charge in [0.15, 0.2) is 0 Å². The van der Waals surface area contributed by atoms with Gasteiger partial charge in [-0.2, -0.15) is 0 Å². The molecule has 1 aliphatic rings. The molecule has 1 N–H and O–H groups in total. The van der Waals surface area contributed by atoms with Crippen LogP contribution in [0.2, 0.25) is 0 Å². The van der Waals surface area contributed by atoms with E-state index in [1.54, 1.807) is 12.5 Å². The van der Waals surface area contributed by atoms with Crippen LogP contribution >= 0.6 is 0 Å². The van der Waals surface area contributed by atoms with Gasteiger partial charge in [0, 0.05) is 16.8 Å². The second-order valence-electron chi connectivity index (χ2n) is 3.01. The third-order valence-electron chi connectivity index (χ3n) is 2.18. The molecule has 0 saturated carbocycles. The molecule has 0 atom stereocenters. The van der Waals surface area contributed by atoms with Gasteiger partial charge >= 0.3 is 0 Å². The molecule has 0 saturated heterocycles. The van der Waals surface area contributed by atoms with Crippen molar-refractivity contribution in [1.82, 2.24) is 10.6 Å². The highest BCUT2D eigenvalue weighted by molar-refractivity contribution is 5.77. The zero-order valence-corrected chi connectivity index (χ0v) is 7.27. The van der Waals surface area contributed by atoms with E-state index in [1.807, 2.05) is 24.3 Å². The van der Waals surface area contributed by atoms with Crippen molar-refractivity contribution in [3.8, 4) is 0 Å². The summed E-state index contributed by atoms with van der Waals surface area (Å²) in [5, 5.41) is 6.94. The fourth-order valence-corrected chi connectivity index (χ4v) is 1.54. The van der Waals surface area contributed by atoms with Gasteiger partial charge < -0.3 is 4.84 Å². The topological polar surface area (TPSA) is 46.5 Å². The minimum absolute atomic E-state index is 0.877. The summed E-state index contributed by atoms with van der Waals surface area (Å²) < 4.78 is 0. The summed E-state index contributed by atoms with van der Waals surface area (Å²) in [6, 6.07) is 7.78. The fourth-order valence-electron chi connectivity index (χ4n) is 1.54. The Kier molecular flexibility index (Phi) is 1.41. The third kappa shape index (κ3) is 0.939. The smallest absolute Gasteiger partial charge is 0.130 e. The van der Waals surface area contributed by atoms with Crippen molar-refractivity contribution >= 4 is 17.2 Å². The highest BCUT2D eigenvalue weighted by Crippen LogP contribution is 2.02. The van der Waals surface area contributed by atoms with E-state index < -0.39 is 0 Å². The van der Waals surface area contributed by atoms with Crippen LogP contribution in [-0.4, -0.2) is 4.98 Å². The molecule has 1 aliphatic heterocycles. The van der Waals surface area contributed by atoms with Gasteiger partial charge in [-0.3, -0.25) is 4.98 Å².